The molecule has 0 saturated carbocycles. The second-order valence-corrected chi connectivity index (χ2v) is 8.80. The van der Waals surface area contributed by atoms with Gasteiger partial charge in [0.1, 0.15) is 13.2 Å². The third kappa shape index (κ3) is 8.83. The molecule has 0 aromatic heterocycles. The van der Waals surface area contributed by atoms with E-state index in [4.69, 9.17) is 5.26 Å². The van der Waals surface area contributed by atoms with Crippen molar-refractivity contribution in [3.63, 3.8) is 0 Å². The van der Waals surface area contributed by atoms with Crippen molar-refractivity contribution in [2.75, 3.05) is 19.8 Å². The summed E-state index contributed by atoms with van der Waals surface area (Å²) in [6.07, 6.45) is -44.9. The van der Waals surface area contributed by atoms with Crippen LogP contribution in [0, 0.1) is 5.41 Å². The monoisotopic (exact) mass is 760 g/mol. The summed E-state index contributed by atoms with van der Waals surface area (Å²) in [5.74, 6) is -37.5. The molecule has 0 aromatic rings. The standard InChI is InChI=1S/C17H10F22O8/c1-7(4-45-42,2-43-5(40)8(18,12(24,25)26)46-16(36,37)10(20,21)14(30,31)32)3-44-6(41)9(19,13(27,28)29)47-17(38,39)11(22,23)15(33,34)35/h42H,2-4H2,1H3. The number of rotatable bonds is 14. The Morgan fingerprint density at radius 3 is 0.915 bits per heavy atom. The molecule has 0 spiro atoms. The number of halogens is 22. The molecule has 2 atom stereocenters. The zero-order valence-electron chi connectivity index (χ0n) is 21.2. The predicted molar refractivity (Wildman–Crippen MR) is 92.5 cm³/mol. The number of carbonyl (C=O) groups excluding carboxylic acids is 2. The fraction of sp³-hybridized carbons (Fsp3) is 0.882. The average Bonchev–Trinajstić information content (AvgIpc) is 2.82. The molecule has 0 fully saturated rings. The first-order chi connectivity index (χ1) is 20.2. The van der Waals surface area contributed by atoms with E-state index in [1.807, 2.05) is 9.47 Å². The Balaban J connectivity index is 6.35. The highest BCUT2D eigenvalue weighted by Crippen LogP contribution is 2.53. The Morgan fingerprint density at radius 1 is 0.468 bits per heavy atom. The Labute approximate surface area is 241 Å². The molecule has 0 aliphatic carbocycles. The summed E-state index contributed by atoms with van der Waals surface area (Å²) in [4.78, 5) is 26.4. The second-order valence-electron chi connectivity index (χ2n) is 8.80. The smallest absolute Gasteiger partial charge is 0.460 e. The average molecular weight is 760 g/mol. The lowest BCUT2D eigenvalue weighted by atomic mass is 9.94. The molecule has 2 unspecified atom stereocenters. The maximum atomic E-state index is 14.2. The SMILES string of the molecule is CC(COO)(COC(=O)C(F)(OC(F)(F)C(F)(F)C(F)(F)F)C(F)(F)F)COC(=O)C(F)(OC(F)(F)C(F)(F)C(F)(F)F)C(F)(F)F. The highest BCUT2D eigenvalue weighted by molar-refractivity contribution is 5.79. The second kappa shape index (κ2) is 12.9. The zero-order chi connectivity index (χ0) is 38.3. The molecule has 30 heteroatoms. The summed E-state index contributed by atoms with van der Waals surface area (Å²) < 4.78 is 294. The van der Waals surface area contributed by atoms with Crippen LogP contribution in [0.3, 0.4) is 0 Å². The Bertz CT molecular complexity index is 1030. The summed E-state index contributed by atoms with van der Waals surface area (Å²) in [7, 11) is 0. The van der Waals surface area contributed by atoms with E-state index in [0.717, 1.165) is 0 Å². The van der Waals surface area contributed by atoms with Gasteiger partial charge in [-0.15, -0.1) is 0 Å². The van der Waals surface area contributed by atoms with E-state index >= 15 is 0 Å². The molecule has 1 N–H and O–H groups in total. The molecular weight excluding hydrogens is 750 g/mol. The van der Waals surface area contributed by atoms with Crippen molar-refractivity contribution in [3.8, 4) is 0 Å². The van der Waals surface area contributed by atoms with Crippen LogP contribution in [0.2, 0.25) is 0 Å². The van der Waals surface area contributed by atoms with Crippen LogP contribution < -0.4 is 0 Å². The maximum absolute atomic E-state index is 14.2. The highest BCUT2D eigenvalue weighted by atomic mass is 19.4. The topological polar surface area (TPSA) is 101 Å². The van der Waals surface area contributed by atoms with E-state index in [0.29, 0.717) is 0 Å². The van der Waals surface area contributed by atoms with Crippen LogP contribution in [-0.4, -0.2) is 97.5 Å². The van der Waals surface area contributed by atoms with E-state index in [2.05, 4.69) is 14.4 Å². The van der Waals surface area contributed by atoms with Crippen molar-refractivity contribution in [1.82, 2.24) is 0 Å². The minimum absolute atomic E-state index is 0.0886. The van der Waals surface area contributed by atoms with Crippen LogP contribution in [0.4, 0.5) is 96.6 Å². The van der Waals surface area contributed by atoms with Gasteiger partial charge in [-0.3, -0.25) is 14.7 Å². The molecule has 0 saturated heterocycles. The summed E-state index contributed by atoms with van der Waals surface area (Å²) in [6, 6.07) is 0. The van der Waals surface area contributed by atoms with Gasteiger partial charge in [-0.1, -0.05) is 6.92 Å². The zero-order valence-corrected chi connectivity index (χ0v) is 21.2. The number of alkyl halides is 22. The van der Waals surface area contributed by atoms with Crippen LogP contribution >= 0.6 is 0 Å². The number of esters is 2. The molecule has 0 aromatic carbocycles. The van der Waals surface area contributed by atoms with Crippen molar-refractivity contribution in [1.29, 1.82) is 0 Å². The highest BCUT2D eigenvalue weighted by Gasteiger charge is 2.81. The predicted octanol–water partition coefficient (Wildman–Crippen LogP) is 6.64. The third-order valence-electron chi connectivity index (χ3n) is 4.75. The van der Waals surface area contributed by atoms with Crippen molar-refractivity contribution in [2.24, 2.45) is 5.41 Å². The van der Waals surface area contributed by atoms with E-state index in [9.17, 15) is 106 Å². The first kappa shape index (κ1) is 44.2. The van der Waals surface area contributed by atoms with Crippen LogP contribution in [0.1, 0.15) is 6.92 Å². The fourth-order valence-electron chi connectivity index (χ4n) is 2.19. The fourth-order valence-corrected chi connectivity index (χ4v) is 2.19. The molecule has 0 heterocycles. The van der Waals surface area contributed by atoms with Crippen molar-refractivity contribution in [2.45, 2.75) is 67.4 Å². The van der Waals surface area contributed by atoms with Crippen LogP contribution in [0.25, 0.3) is 0 Å². The van der Waals surface area contributed by atoms with Crippen molar-refractivity contribution in [3.05, 3.63) is 0 Å². The lowest BCUT2D eigenvalue weighted by Gasteiger charge is -2.35. The third-order valence-corrected chi connectivity index (χ3v) is 4.75. The summed E-state index contributed by atoms with van der Waals surface area (Å²) in [5, 5.41) is 8.43. The maximum Gasteiger partial charge on any atom is 0.462 e. The molecule has 0 amide bonds. The largest absolute Gasteiger partial charge is 0.462 e. The van der Waals surface area contributed by atoms with Gasteiger partial charge in [0.05, 0.1) is 12.0 Å². The van der Waals surface area contributed by atoms with Gasteiger partial charge in [0, 0.05) is 0 Å². The number of hydrogen-bond donors (Lipinski definition) is 1. The summed E-state index contributed by atoms with van der Waals surface area (Å²) in [6.45, 7) is -6.59. The number of carbonyl (C=O) groups is 2. The molecule has 0 aliphatic rings. The molecule has 47 heavy (non-hydrogen) atoms. The van der Waals surface area contributed by atoms with Gasteiger partial charge in [-0.2, -0.15) is 96.6 Å². The van der Waals surface area contributed by atoms with E-state index in [1.54, 1.807) is 0 Å². The minimum Gasteiger partial charge on any atom is -0.460 e. The molecule has 0 aliphatic heterocycles. The van der Waals surface area contributed by atoms with Gasteiger partial charge in [0.2, 0.25) is 0 Å². The van der Waals surface area contributed by atoms with Crippen LogP contribution in [0.5, 0.6) is 0 Å². The molecular formula is C17H10F22O8. The first-order valence-corrected chi connectivity index (χ1v) is 10.4. The minimum atomic E-state index is -7.68. The molecule has 0 radical (unpaired) electrons. The Hall–Kier alpha value is -2.76. The Morgan fingerprint density at radius 2 is 0.723 bits per heavy atom. The number of hydrogen-bond acceptors (Lipinski definition) is 8. The molecule has 280 valence electrons. The lowest BCUT2D eigenvalue weighted by Crippen LogP contribution is -2.62. The number of ether oxygens (including phenoxy) is 4. The summed E-state index contributed by atoms with van der Waals surface area (Å²) >= 11 is 0. The summed E-state index contributed by atoms with van der Waals surface area (Å²) in [5.41, 5.74) is -3.17. The van der Waals surface area contributed by atoms with E-state index < -0.39 is 97.7 Å². The van der Waals surface area contributed by atoms with Crippen LogP contribution in [0.15, 0.2) is 0 Å². The quantitative estimate of drug-likeness (QED) is 0.0912. The van der Waals surface area contributed by atoms with Gasteiger partial charge < -0.3 is 9.47 Å². The first-order valence-electron chi connectivity index (χ1n) is 10.4. The Kier molecular flexibility index (Phi) is 12.2. The van der Waals surface area contributed by atoms with Crippen molar-refractivity contribution < 1.29 is 135 Å². The van der Waals surface area contributed by atoms with Crippen LogP contribution in [-0.2, 0) is 33.4 Å². The van der Waals surface area contributed by atoms with E-state index in [1.165, 1.54) is 0 Å². The van der Waals surface area contributed by atoms with Gasteiger partial charge in [-0.25, -0.2) is 14.5 Å². The van der Waals surface area contributed by atoms with Gasteiger partial charge >= 0.3 is 72.4 Å². The van der Waals surface area contributed by atoms with Gasteiger partial charge in [0.25, 0.3) is 0 Å². The lowest BCUT2D eigenvalue weighted by molar-refractivity contribution is -0.475. The molecule has 8 nitrogen and oxygen atoms in total. The molecule has 0 bridgehead atoms. The van der Waals surface area contributed by atoms with Crippen molar-refractivity contribution >= 4 is 11.9 Å². The normalized spacial score (nSPS) is 18.6. The molecule has 0 rings (SSSR count). The van der Waals surface area contributed by atoms with Gasteiger partial charge in [0.15, 0.2) is 0 Å². The van der Waals surface area contributed by atoms with Gasteiger partial charge in [-0.05, 0) is 0 Å². The van der Waals surface area contributed by atoms with E-state index in [-0.39, 0.29) is 6.92 Å².